The molecule has 0 bridgehead atoms. The van der Waals surface area contributed by atoms with E-state index in [0.717, 1.165) is 18.2 Å². The van der Waals surface area contributed by atoms with Crippen molar-refractivity contribution < 1.29 is 27.5 Å². The number of aromatic amines is 2. The summed E-state index contributed by atoms with van der Waals surface area (Å²) in [7, 11) is 0. The van der Waals surface area contributed by atoms with Crippen molar-refractivity contribution in [1.29, 1.82) is 0 Å². The Morgan fingerprint density at radius 2 is 1.85 bits per heavy atom. The molecule has 1 aromatic carbocycles. The number of H-pyrrole nitrogens is 2. The summed E-state index contributed by atoms with van der Waals surface area (Å²) in [6.07, 6.45) is -4.64. The molecule has 12 heteroatoms. The highest BCUT2D eigenvalue weighted by molar-refractivity contribution is 6.33. The van der Waals surface area contributed by atoms with Crippen LogP contribution in [-0.4, -0.2) is 28.5 Å². The summed E-state index contributed by atoms with van der Waals surface area (Å²) in [5.74, 6) is -2.16. The fourth-order valence-electron chi connectivity index (χ4n) is 1.77. The van der Waals surface area contributed by atoms with Gasteiger partial charge in [0, 0.05) is 6.07 Å². The number of esters is 1. The minimum absolute atomic E-state index is 0.156. The van der Waals surface area contributed by atoms with E-state index in [0.29, 0.717) is 6.07 Å². The first-order valence-electron chi connectivity index (χ1n) is 6.73. The van der Waals surface area contributed by atoms with Crippen molar-refractivity contribution in [3.8, 4) is 0 Å². The van der Waals surface area contributed by atoms with Crippen molar-refractivity contribution >= 4 is 29.2 Å². The Kier molecular flexibility index (Phi) is 5.50. The van der Waals surface area contributed by atoms with Crippen LogP contribution in [0.15, 0.2) is 33.9 Å². The van der Waals surface area contributed by atoms with Crippen LogP contribution in [0.3, 0.4) is 0 Å². The summed E-state index contributed by atoms with van der Waals surface area (Å²) in [4.78, 5) is 49.3. The van der Waals surface area contributed by atoms with Crippen LogP contribution in [0.1, 0.15) is 16.1 Å². The average molecular weight is 392 g/mol. The van der Waals surface area contributed by atoms with Crippen LogP contribution < -0.4 is 16.6 Å². The Balaban J connectivity index is 2.04. The number of hydrogen-bond acceptors (Lipinski definition) is 5. The van der Waals surface area contributed by atoms with Crippen LogP contribution in [0, 0.1) is 0 Å². The Bertz CT molecular complexity index is 939. The lowest BCUT2D eigenvalue weighted by molar-refractivity contribution is -0.137. The molecular formula is C14H9ClF3N3O5. The number of hydrogen-bond donors (Lipinski definition) is 3. The predicted octanol–water partition coefficient (Wildman–Crippen LogP) is 1.53. The van der Waals surface area contributed by atoms with Gasteiger partial charge in [-0.25, -0.2) is 9.59 Å². The zero-order valence-corrected chi connectivity index (χ0v) is 13.3. The SMILES string of the molecule is O=C(COC(=O)c1cc(=O)[nH]c(=O)[nH]1)Nc1cc(C(F)(F)F)ccc1Cl. The largest absolute Gasteiger partial charge is 0.451 e. The number of carbonyl (C=O) groups excluding carboxylic acids is 2. The molecule has 138 valence electrons. The Morgan fingerprint density at radius 1 is 1.15 bits per heavy atom. The fourth-order valence-corrected chi connectivity index (χ4v) is 1.94. The highest BCUT2D eigenvalue weighted by Crippen LogP contribution is 2.33. The van der Waals surface area contributed by atoms with E-state index in [4.69, 9.17) is 11.6 Å². The quantitative estimate of drug-likeness (QED) is 0.682. The van der Waals surface area contributed by atoms with Crippen molar-refractivity contribution in [3.63, 3.8) is 0 Å². The molecule has 0 spiro atoms. The topological polar surface area (TPSA) is 121 Å². The molecule has 1 amide bonds. The van der Waals surface area contributed by atoms with Crippen molar-refractivity contribution in [2.45, 2.75) is 6.18 Å². The van der Waals surface area contributed by atoms with Gasteiger partial charge in [0.05, 0.1) is 16.3 Å². The lowest BCUT2D eigenvalue weighted by atomic mass is 10.2. The van der Waals surface area contributed by atoms with Gasteiger partial charge in [0.15, 0.2) is 6.61 Å². The smallest absolute Gasteiger partial charge is 0.416 e. The Labute approximate surface area is 146 Å². The molecule has 26 heavy (non-hydrogen) atoms. The van der Waals surface area contributed by atoms with Crippen molar-refractivity contribution in [2.75, 3.05) is 11.9 Å². The summed E-state index contributed by atoms with van der Waals surface area (Å²) in [5, 5.41) is 1.91. The number of aromatic nitrogens is 2. The molecule has 0 atom stereocenters. The molecule has 8 nitrogen and oxygen atoms in total. The molecule has 0 aliphatic heterocycles. The van der Waals surface area contributed by atoms with Gasteiger partial charge in [-0.15, -0.1) is 0 Å². The van der Waals surface area contributed by atoms with Crippen LogP contribution in [-0.2, 0) is 15.7 Å². The number of rotatable bonds is 4. The second-order valence-electron chi connectivity index (χ2n) is 4.82. The summed E-state index contributed by atoms with van der Waals surface area (Å²) < 4.78 is 42.6. The summed E-state index contributed by atoms with van der Waals surface area (Å²) >= 11 is 5.72. The number of ether oxygens (including phenoxy) is 1. The van der Waals surface area contributed by atoms with Crippen molar-refractivity contribution in [3.05, 3.63) is 61.4 Å². The number of benzene rings is 1. The van der Waals surface area contributed by atoms with Crippen LogP contribution in [0.4, 0.5) is 18.9 Å². The third kappa shape index (κ3) is 4.96. The molecule has 0 aliphatic carbocycles. The van der Waals surface area contributed by atoms with E-state index < -0.39 is 47.2 Å². The maximum atomic E-state index is 12.7. The molecule has 0 unspecified atom stereocenters. The Morgan fingerprint density at radius 3 is 2.46 bits per heavy atom. The summed E-state index contributed by atoms with van der Waals surface area (Å²) in [6, 6.07) is 3.05. The van der Waals surface area contributed by atoms with Gasteiger partial charge < -0.3 is 15.0 Å². The van der Waals surface area contributed by atoms with Crippen LogP contribution in [0.5, 0.6) is 0 Å². The summed E-state index contributed by atoms with van der Waals surface area (Å²) in [6.45, 7) is -0.889. The van der Waals surface area contributed by atoms with Gasteiger partial charge in [-0.05, 0) is 18.2 Å². The van der Waals surface area contributed by atoms with E-state index in [-0.39, 0.29) is 10.7 Å². The number of amides is 1. The van der Waals surface area contributed by atoms with Gasteiger partial charge in [0.1, 0.15) is 5.69 Å². The second-order valence-corrected chi connectivity index (χ2v) is 5.23. The first-order valence-corrected chi connectivity index (χ1v) is 7.11. The fraction of sp³-hybridized carbons (Fsp3) is 0.143. The monoisotopic (exact) mass is 391 g/mol. The van der Waals surface area contributed by atoms with E-state index >= 15 is 0 Å². The normalized spacial score (nSPS) is 11.1. The lowest BCUT2D eigenvalue weighted by Gasteiger charge is -2.11. The molecular weight excluding hydrogens is 383 g/mol. The first-order chi connectivity index (χ1) is 12.1. The summed E-state index contributed by atoms with van der Waals surface area (Å²) in [5.41, 5.74) is -3.67. The van der Waals surface area contributed by atoms with Crippen LogP contribution in [0.2, 0.25) is 5.02 Å². The predicted molar refractivity (Wildman–Crippen MR) is 83.0 cm³/mol. The maximum Gasteiger partial charge on any atom is 0.416 e. The zero-order chi connectivity index (χ0) is 19.5. The number of halogens is 4. The molecule has 0 aliphatic rings. The van der Waals surface area contributed by atoms with Gasteiger partial charge in [-0.1, -0.05) is 11.6 Å². The minimum atomic E-state index is -4.64. The third-order valence-electron chi connectivity index (χ3n) is 2.88. The van der Waals surface area contributed by atoms with Crippen molar-refractivity contribution in [2.24, 2.45) is 0 Å². The molecule has 0 radical (unpaired) electrons. The number of carbonyl (C=O) groups is 2. The van der Waals surface area contributed by atoms with Crippen LogP contribution in [0.25, 0.3) is 0 Å². The Hall–Kier alpha value is -3.08. The van der Waals surface area contributed by atoms with E-state index in [1.165, 1.54) is 0 Å². The molecule has 0 fully saturated rings. The molecule has 0 saturated carbocycles. The standard InChI is InChI=1S/C14H9ClF3N3O5/c15-7-2-1-6(14(16,17)18)3-8(7)19-11(23)5-26-12(24)9-4-10(22)21-13(25)20-9/h1-4H,5H2,(H,19,23)(H2,20,21,22,25). The van der Waals surface area contributed by atoms with E-state index in [1.54, 1.807) is 0 Å². The highest BCUT2D eigenvalue weighted by Gasteiger charge is 2.31. The van der Waals surface area contributed by atoms with E-state index in [2.05, 4.69) is 10.1 Å². The molecule has 1 heterocycles. The van der Waals surface area contributed by atoms with Gasteiger partial charge in [-0.2, -0.15) is 13.2 Å². The lowest BCUT2D eigenvalue weighted by Crippen LogP contribution is -2.27. The number of nitrogens with one attached hydrogen (secondary N) is 3. The zero-order valence-electron chi connectivity index (χ0n) is 12.6. The minimum Gasteiger partial charge on any atom is -0.451 e. The molecule has 2 aromatic rings. The van der Waals surface area contributed by atoms with E-state index in [1.807, 2.05) is 9.97 Å². The first kappa shape index (κ1) is 19.2. The average Bonchev–Trinajstić information content (AvgIpc) is 2.52. The van der Waals surface area contributed by atoms with Gasteiger partial charge in [0.2, 0.25) is 0 Å². The van der Waals surface area contributed by atoms with Crippen LogP contribution >= 0.6 is 11.6 Å². The van der Waals surface area contributed by atoms with Gasteiger partial charge in [-0.3, -0.25) is 14.6 Å². The number of alkyl halides is 3. The van der Waals surface area contributed by atoms with Crippen molar-refractivity contribution in [1.82, 2.24) is 9.97 Å². The molecule has 0 saturated heterocycles. The van der Waals surface area contributed by atoms with E-state index in [9.17, 15) is 32.3 Å². The molecule has 3 N–H and O–H groups in total. The third-order valence-corrected chi connectivity index (χ3v) is 3.21. The second kappa shape index (κ2) is 7.44. The maximum absolute atomic E-state index is 12.7. The van der Waals surface area contributed by atoms with Gasteiger partial charge >= 0.3 is 17.8 Å². The molecule has 1 aromatic heterocycles. The number of anilines is 1. The van der Waals surface area contributed by atoms with Gasteiger partial charge in [0.25, 0.3) is 11.5 Å². The molecule has 2 rings (SSSR count). The highest BCUT2D eigenvalue weighted by atomic mass is 35.5.